The van der Waals surface area contributed by atoms with Crippen molar-refractivity contribution in [3.63, 3.8) is 0 Å². The third kappa shape index (κ3) is 3.54. The fourth-order valence-electron chi connectivity index (χ4n) is 4.04. The SMILES string of the molecule is CCCn1nccc1C(=O)N1CCC2(CC1)CN(c1ccccc1)C(=O)CO2. The minimum atomic E-state index is -0.385. The molecule has 2 saturated heterocycles. The van der Waals surface area contributed by atoms with E-state index in [4.69, 9.17) is 4.74 Å². The highest BCUT2D eigenvalue weighted by Gasteiger charge is 2.43. The average molecular weight is 382 g/mol. The van der Waals surface area contributed by atoms with Gasteiger partial charge in [0.2, 0.25) is 0 Å². The number of nitrogens with zero attached hydrogens (tertiary/aromatic N) is 4. The molecule has 4 rings (SSSR count). The number of rotatable bonds is 4. The molecule has 1 spiro atoms. The van der Waals surface area contributed by atoms with Crippen LogP contribution in [-0.2, 0) is 16.1 Å². The molecule has 0 unspecified atom stereocenters. The van der Waals surface area contributed by atoms with E-state index in [2.05, 4.69) is 12.0 Å². The number of aromatic nitrogens is 2. The first-order valence-corrected chi connectivity index (χ1v) is 9.92. The molecule has 0 atom stereocenters. The zero-order valence-electron chi connectivity index (χ0n) is 16.2. The number of piperidine rings is 1. The van der Waals surface area contributed by atoms with E-state index in [0.29, 0.717) is 25.3 Å². The molecule has 2 aromatic rings. The summed E-state index contributed by atoms with van der Waals surface area (Å²) in [6.45, 7) is 4.67. The van der Waals surface area contributed by atoms with Crippen molar-refractivity contribution in [2.24, 2.45) is 0 Å². The Hall–Kier alpha value is -2.67. The minimum absolute atomic E-state index is 0.0150. The molecule has 148 valence electrons. The molecule has 0 bridgehead atoms. The van der Waals surface area contributed by atoms with Gasteiger partial charge in [-0.05, 0) is 37.5 Å². The number of para-hydroxylation sites is 1. The monoisotopic (exact) mass is 382 g/mol. The van der Waals surface area contributed by atoms with Gasteiger partial charge in [0.05, 0.1) is 12.1 Å². The largest absolute Gasteiger partial charge is 0.363 e. The third-order valence-electron chi connectivity index (χ3n) is 5.65. The number of ether oxygens (including phenoxy) is 1. The summed E-state index contributed by atoms with van der Waals surface area (Å²) in [4.78, 5) is 29.0. The van der Waals surface area contributed by atoms with Gasteiger partial charge in [-0.1, -0.05) is 25.1 Å². The summed E-state index contributed by atoms with van der Waals surface area (Å²) < 4.78 is 7.78. The van der Waals surface area contributed by atoms with Gasteiger partial charge in [0.25, 0.3) is 11.8 Å². The highest BCUT2D eigenvalue weighted by molar-refractivity contribution is 5.95. The van der Waals surface area contributed by atoms with Gasteiger partial charge in [-0.15, -0.1) is 0 Å². The Kier molecular flexibility index (Phi) is 5.17. The lowest BCUT2D eigenvalue weighted by Crippen LogP contribution is -2.59. The van der Waals surface area contributed by atoms with Crippen molar-refractivity contribution >= 4 is 17.5 Å². The van der Waals surface area contributed by atoms with Crippen LogP contribution in [0.25, 0.3) is 0 Å². The van der Waals surface area contributed by atoms with E-state index in [1.807, 2.05) is 40.1 Å². The normalized spacial score (nSPS) is 19.2. The van der Waals surface area contributed by atoms with Gasteiger partial charge >= 0.3 is 0 Å². The second kappa shape index (κ2) is 7.75. The summed E-state index contributed by atoms with van der Waals surface area (Å²) >= 11 is 0. The first-order chi connectivity index (χ1) is 13.6. The number of carbonyl (C=O) groups is 2. The van der Waals surface area contributed by atoms with Gasteiger partial charge in [-0.3, -0.25) is 14.3 Å². The molecular weight excluding hydrogens is 356 g/mol. The highest BCUT2D eigenvalue weighted by Crippen LogP contribution is 2.33. The number of hydrogen-bond acceptors (Lipinski definition) is 4. The number of amides is 2. The van der Waals surface area contributed by atoms with Crippen molar-refractivity contribution in [2.45, 2.75) is 38.3 Å². The van der Waals surface area contributed by atoms with Gasteiger partial charge in [-0.25, -0.2) is 0 Å². The molecule has 0 N–H and O–H groups in total. The molecule has 2 aliphatic heterocycles. The molecule has 1 aromatic carbocycles. The average Bonchev–Trinajstić information content (AvgIpc) is 3.19. The third-order valence-corrected chi connectivity index (χ3v) is 5.65. The smallest absolute Gasteiger partial charge is 0.272 e. The van der Waals surface area contributed by atoms with Crippen LogP contribution in [0.5, 0.6) is 0 Å². The van der Waals surface area contributed by atoms with Crippen LogP contribution in [0, 0.1) is 0 Å². The van der Waals surface area contributed by atoms with E-state index in [0.717, 1.165) is 31.5 Å². The minimum Gasteiger partial charge on any atom is -0.363 e. The van der Waals surface area contributed by atoms with Crippen LogP contribution in [0.3, 0.4) is 0 Å². The molecule has 2 aliphatic rings. The first-order valence-electron chi connectivity index (χ1n) is 9.92. The zero-order valence-corrected chi connectivity index (χ0v) is 16.2. The van der Waals surface area contributed by atoms with Crippen molar-refractivity contribution in [2.75, 3.05) is 31.1 Å². The molecule has 7 heteroatoms. The van der Waals surface area contributed by atoms with Crippen LogP contribution in [0.2, 0.25) is 0 Å². The fourth-order valence-corrected chi connectivity index (χ4v) is 4.04. The molecule has 1 aromatic heterocycles. The van der Waals surface area contributed by atoms with E-state index in [9.17, 15) is 9.59 Å². The summed E-state index contributed by atoms with van der Waals surface area (Å²) in [6.07, 6.45) is 4.05. The highest BCUT2D eigenvalue weighted by atomic mass is 16.5. The van der Waals surface area contributed by atoms with Crippen molar-refractivity contribution in [1.29, 1.82) is 0 Å². The maximum atomic E-state index is 12.9. The van der Waals surface area contributed by atoms with Gasteiger partial charge in [0.1, 0.15) is 12.3 Å². The lowest BCUT2D eigenvalue weighted by atomic mass is 9.89. The molecule has 2 amide bonds. The lowest BCUT2D eigenvalue weighted by molar-refractivity contribution is -0.143. The second-order valence-electron chi connectivity index (χ2n) is 7.52. The summed E-state index contributed by atoms with van der Waals surface area (Å²) in [5.41, 5.74) is 1.16. The maximum Gasteiger partial charge on any atom is 0.272 e. The Morgan fingerprint density at radius 3 is 2.64 bits per heavy atom. The Balaban J connectivity index is 1.44. The van der Waals surface area contributed by atoms with Gasteiger partial charge < -0.3 is 14.5 Å². The molecule has 7 nitrogen and oxygen atoms in total. The summed E-state index contributed by atoms with van der Waals surface area (Å²) in [5, 5.41) is 4.26. The number of hydrogen-bond donors (Lipinski definition) is 0. The molecular formula is C21H26N4O3. The Labute approximate surface area is 164 Å². The number of benzene rings is 1. The number of carbonyl (C=O) groups excluding carboxylic acids is 2. The Bertz CT molecular complexity index is 840. The molecule has 2 fully saturated rings. The van der Waals surface area contributed by atoms with Gasteiger partial charge in [0.15, 0.2) is 0 Å². The fraction of sp³-hybridized carbons (Fsp3) is 0.476. The van der Waals surface area contributed by atoms with Crippen LogP contribution in [0.15, 0.2) is 42.6 Å². The van der Waals surface area contributed by atoms with Crippen LogP contribution >= 0.6 is 0 Å². The van der Waals surface area contributed by atoms with E-state index >= 15 is 0 Å². The standard InChI is InChI=1S/C21H26N4O3/c1-2-12-25-18(8-11-22-25)20(27)23-13-9-21(10-14-23)16-24(19(26)15-28-21)17-6-4-3-5-7-17/h3-8,11H,2,9-10,12-16H2,1H3. The first kappa shape index (κ1) is 18.7. The van der Waals surface area contributed by atoms with E-state index in [1.54, 1.807) is 16.9 Å². The van der Waals surface area contributed by atoms with E-state index in [1.165, 1.54) is 0 Å². The van der Waals surface area contributed by atoms with Gasteiger partial charge in [0, 0.05) is 31.5 Å². The van der Waals surface area contributed by atoms with Crippen molar-refractivity contribution in [3.8, 4) is 0 Å². The Morgan fingerprint density at radius 2 is 1.93 bits per heavy atom. The molecule has 0 saturated carbocycles. The lowest BCUT2D eigenvalue weighted by Gasteiger charge is -2.46. The molecule has 28 heavy (non-hydrogen) atoms. The predicted molar refractivity (Wildman–Crippen MR) is 105 cm³/mol. The van der Waals surface area contributed by atoms with E-state index < -0.39 is 0 Å². The topological polar surface area (TPSA) is 67.7 Å². The van der Waals surface area contributed by atoms with Gasteiger partial charge in [-0.2, -0.15) is 5.10 Å². The molecule has 3 heterocycles. The summed E-state index contributed by atoms with van der Waals surface area (Å²) in [7, 11) is 0. The van der Waals surface area contributed by atoms with Crippen molar-refractivity contribution < 1.29 is 14.3 Å². The quantitative estimate of drug-likeness (QED) is 0.814. The van der Waals surface area contributed by atoms with Crippen LogP contribution in [-0.4, -0.2) is 58.3 Å². The predicted octanol–water partition coefficient (Wildman–Crippen LogP) is 2.33. The maximum absolute atomic E-state index is 12.9. The summed E-state index contributed by atoms with van der Waals surface area (Å²) in [6, 6.07) is 11.5. The van der Waals surface area contributed by atoms with Crippen LogP contribution in [0.4, 0.5) is 5.69 Å². The second-order valence-corrected chi connectivity index (χ2v) is 7.52. The van der Waals surface area contributed by atoms with E-state index in [-0.39, 0.29) is 24.0 Å². The van der Waals surface area contributed by atoms with Crippen molar-refractivity contribution in [3.05, 3.63) is 48.3 Å². The number of morpholine rings is 1. The summed E-state index contributed by atoms with van der Waals surface area (Å²) in [5.74, 6) is 0.00593. The number of aryl methyl sites for hydroxylation is 1. The molecule has 0 aliphatic carbocycles. The number of anilines is 1. The molecule has 0 radical (unpaired) electrons. The van der Waals surface area contributed by atoms with Crippen LogP contribution in [0.1, 0.15) is 36.7 Å². The number of likely N-dealkylation sites (tertiary alicyclic amines) is 1. The van der Waals surface area contributed by atoms with Crippen LogP contribution < -0.4 is 4.90 Å². The van der Waals surface area contributed by atoms with Crippen molar-refractivity contribution in [1.82, 2.24) is 14.7 Å². The zero-order chi connectivity index (χ0) is 19.6. The Morgan fingerprint density at radius 1 is 1.18 bits per heavy atom.